The van der Waals surface area contributed by atoms with Crippen LogP contribution in [0.25, 0.3) is 5.82 Å². The fourth-order valence-corrected chi connectivity index (χ4v) is 3.10. The number of phenols is 2. The molecule has 0 atom stereocenters. The Morgan fingerprint density at radius 1 is 1.28 bits per heavy atom. The van der Waals surface area contributed by atoms with E-state index in [1.165, 1.54) is 29.1 Å². The van der Waals surface area contributed by atoms with Gasteiger partial charge in [0, 0.05) is 18.2 Å². The standard InChI is InChI=1S/C19H25N9O4/c1-3-7-27(8-4-2)11-14-16(22-26-28(14)18-17(20)24-32-25-18)19(31)23-21-10-12-5-6-13(29)9-15(12)30/h5-6,9-10,29-30H,3-4,7-8,11H2,1-2H3,(H2,20,24)(H,23,31)/b21-10+. The molecular formula is C19H25N9O4. The van der Waals surface area contributed by atoms with Crippen molar-refractivity contribution in [2.75, 3.05) is 18.8 Å². The van der Waals surface area contributed by atoms with Gasteiger partial charge in [0.15, 0.2) is 5.69 Å². The molecule has 0 aliphatic heterocycles. The topological polar surface area (TPSA) is 181 Å². The van der Waals surface area contributed by atoms with E-state index in [1.54, 1.807) is 0 Å². The normalized spacial score (nSPS) is 11.5. The Hall–Kier alpha value is -4.00. The van der Waals surface area contributed by atoms with Crippen LogP contribution in [-0.2, 0) is 6.54 Å². The lowest BCUT2D eigenvalue weighted by Crippen LogP contribution is -2.28. The molecule has 3 aromatic rings. The molecule has 0 radical (unpaired) electrons. The van der Waals surface area contributed by atoms with Gasteiger partial charge in [-0.1, -0.05) is 19.1 Å². The molecule has 0 unspecified atom stereocenters. The Kier molecular flexibility index (Phi) is 7.33. The number of rotatable bonds is 10. The summed E-state index contributed by atoms with van der Waals surface area (Å²) in [6.45, 7) is 6.12. The average molecular weight is 443 g/mol. The zero-order valence-corrected chi connectivity index (χ0v) is 17.8. The van der Waals surface area contributed by atoms with Gasteiger partial charge in [0.2, 0.25) is 11.6 Å². The molecule has 0 saturated heterocycles. The van der Waals surface area contributed by atoms with Gasteiger partial charge in [0.25, 0.3) is 5.91 Å². The Bertz CT molecular complexity index is 1090. The lowest BCUT2D eigenvalue weighted by atomic mass is 10.2. The number of nitrogens with zero attached hydrogens (tertiary/aromatic N) is 7. The van der Waals surface area contributed by atoms with E-state index in [9.17, 15) is 15.0 Å². The van der Waals surface area contributed by atoms with Gasteiger partial charge in [-0.3, -0.25) is 9.69 Å². The summed E-state index contributed by atoms with van der Waals surface area (Å²) in [6, 6.07) is 4.01. The van der Waals surface area contributed by atoms with Gasteiger partial charge in [-0.2, -0.15) is 9.78 Å². The maximum Gasteiger partial charge on any atom is 0.293 e. The highest BCUT2D eigenvalue weighted by atomic mass is 16.6. The van der Waals surface area contributed by atoms with E-state index in [2.05, 4.69) is 54.5 Å². The SMILES string of the molecule is CCCN(CCC)Cc1c(C(=O)N/N=C/c2ccc(O)cc2O)nnn1-c1nonc1N. The van der Waals surface area contributed by atoms with Crippen LogP contribution in [0.5, 0.6) is 11.5 Å². The second kappa shape index (κ2) is 10.3. The van der Waals surface area contributed by atoms with Crippen molar-refractivity contribution in [3.8, 4) is 17.3 Å². The van der Waals surface area contributed by atoms with Crippen LogP contribution < -0.4 is 11.2 Å². The highest BCUT2D eigenvalue weighted by Crippen LogP contribution is 2.21. The molecule has 5 N–H and O–H groups in total. The van der Waals surface area contributed by atoms with E-state index in [-0.39, 0.29) is 28.8 Å². The number of carbonyl (C=O) groups is 1. The highest BCUT2D eigenvalue weighted by Gasteiger charge is 2.25. The second-order valence-corrected chi connectivity index (χ2v) is 6.99. The van der Waals surface area contributed by atoms with E-state index < -0.39 is 5.91 Å². The zero-order chi connectivity index (χ0) is 23.1. The highest BCUT2D eigenvalue weighted by molar-refractivity contribution is 5.94. The van der Waals surface area contributed by atoms with Crippen molar-refractivity contribution >= 4 is 17.9 Å². The lowest BCUT2D eigenvalue weighted by Gasteiger charge is -2.21. The van der Waals surface area contributed by atoms with E-state index >= 15 is 0 Å². The predicted octanol–water partition coefficient (Wildman–Crippen LogP) is 1.03. The summed E-state index contributed by atoms with van der Waals surface area (Å²) in [5.74, 6) is -0.726. The molecule has 2 aromatic heterocycles. The fourth-order valence-electron chi connectivity index (χ4n) is 3.10. The van der Waals surface area contributed by atoms with Crippen molar-refractivity contribution in [2.24, 2.45) is 5.10 Å². The van der Waals surface area contributed by atoms with Crippen molar-refractivity contribution in [3.63, 3.8) is 0 Å². The van der Waals surface area contributed by atoms with Gasteiger partial charge >= 0.3 is 0 Å². The number of anilines is 1. The number of nitrogens with one attached hydrogen (secondary N) is 1. The summed E-state index contributed by atoms with van der Waals surface area (Å²) >= 11 is 0. The van der Waals surface area contributed by atoms with Crippen molar-refractivity contribution in [2.45, 2.75) is 33.2 Å². The van der Waals surface area contributed by atoms with Gasteiger partial charge in [0.05, 0.1) is 11.9 Å². The molecule has 2 heterocycles. The minimum atomic E-state index is -0.608. The maximum absolute atomic E-state index is 12.8. The first-order valence-corrected chi connectivity index (χ1v) is 10.0. The third-order valence-electron chi connectivity index (χ3n) is 4.51. The number of hydrogen-bond acceptors (Lipinski definition) is 11. The molecule has 13 nitrogen and oxygen atoms in total. The molecule has 0 aliphatic rings. The third-order valence-corrected chi connectivity index (χ3v) is 4.51. The summed E-state index contributed by atoms with van der Waals surface area (Å²) in [5, 5.41) is 38.4. The summed E-state index contributed by atoms with van der Waals surface area (Å²) in [7, 11) is 0. The molecule has 170 valence electrons. The number of hydrogen-bond donors (Lipinski definition) is 4. The zero-order valence-electron chi connectivity index (χ0n) is 17.8. The summed E-state index contributed by atoms with van der Waals surface area (Å²) < 4.78 is 5.99. The van der Waals surface area contributed by atoms with Crippen LogP contribution in [0, 0.1) is 0 Å². The Morgan fingerprint density at radius 2 is 2.03 bits per heavy atom. The van der Waals surface area contributed by atoms with Crippen molar-refractivity contribution in [1.29, 1.82) is 0 Å². The Balaban J connectivity index is 1.87. The van der Waals surface area contributed by atoms with Crippen LogP contribution in [0.4, 0.5) is 5.82 Å². The summed E-state index contributed by atoms with van der Waals surface area (Å²) in [6.07, 6.45) is 3.10. The average Bonchev–Trinajstić information content (AvgIpc) is 3.35. The number of aromatic nitrogens is 5. The van der Waals surface area contributed by atoms with E-state index in [0.717, 1.165) is 25.9 Å². The first-order chi connectivity index (χ1) is 15.4. The van der Waals surface area contributed by atoms with Crippen LogP contribution in [0.1, 0.15) is 48.4 Å². The minimum Gasteiger partial charge on any atom is -0.508 e. The summed E-state index contributed by atoms with van der Waals surface area (Å²) in [5.41, 5.74) is 8.98. The molecule has 1 aromatic carbocycles. The number of hydrazone groups is 1. The molecule has 1 amide bonds. The first kappa shape index (κ1) is 22.7. The van der Waals surface area contributed by atoms with Crippen LogP contribution in [0.15, 0.2) is 27.9 Å². The van der Waals surface area contributed by atoms with E-state index in [0.29, 0.717) is 17.8 Å². The minimum absolute atomic E-state index is 0.0152. The molecule has 13 heteroatoms. The first-order valence-electron chi connectivity index (χ1n) is 10.0. The van der Waals surface area contributed by atoms with Gasteiger partial charge in [-0.25, -0.2) is 10.1 Å². The lowest BCUT2D eigenvalue weighted by molar-refractivity contribution is 0.0947. The third kappa shape index (κ3) is 5.18. The Labute approximate surface area is 183 Å². The molecule has 0 aliphatic carbocycles. The van der Waals surface area contributed by atoms with Crippen molar-refractivity contribution in [3.05, 3.63) is 35.2 Å². The van der Waals surface area contributed by atoms with Crippen LogP contribution in [0.2, 0.25) is 0 Å². The number of benzene rings is 1. The largest absolute Gasteiger partial charge is 0.508 e. The van der Waals surface area contributed by atoms with Gasteiger partial charge in [0.1, 0.15) is 11.5 Å². The van der Waals surface area contributed by atoms with Gasteiger partial charge in [-0.05, 0) is 48.4 Å². The molecular weight excluding hydrogens is 418 g/mol. The molecule has 32 heavy (non-hydrogen) atoms. The molecule has 0 bridgehead atoms. The van der Waals surface area contributed by atoms with Crippen LogP contribution >= 0.6 is 0 Å². The van der Waals surface area contributed by atoms with Crippen molar-refractivity contribution in [1.82, 2.24) is 35.6 Å². The molecule has 0 fully saturated rings. The van der Waals surface area contributed by atoms with Crippen LogP contribution in [-0.4, -0.2) is 65.6 Å². The molecule has 0 saturated carbocycles. The monoisotopic (exact) mass is 443 g/mol. The molecule has 0 spiro atoms. The number of nitrogen functional groups attached to an aromatic ring is 1. The second-order valence-electron chi connectivity index (χ2n) is 6.99. The Morgan fingerprint density at radius 3 is 2.66 bits per heavy atom. The number of carbonyl (C=O) groups excluding carboxylic acids is 1. The summed E-state index contributed by atoms with van der Waals surface area (Å²) in [4.78, 5) is 15.0. The van der Waals surface area contributed by atoms with Gasteiger partial charge in [-0.15, -0.1) is 5.10 Å². The number of aromatic hydroxyl groups is 2. The fraction of sp³-hybridized carbons (Fsp3) is 0.368. The molecule has 3 rings (SSSR count). The number of phenolic OH excluding ortho intramolecular Hbond substituents is 2. The van der Waals surface area contributed by atoms with Crippen molar-refractivity contribution < 1.29 is 19.6 Å². The number of amides is 1. The quantitative estimate of drug-likeness (QED) is 0.261. The maximum atomic E-state index is 12.8. The van der Waals surface area contributed by atoms with E-state index in [1.807, 2.05) is 0 Å². The van der Waals surface area contributed by atoms with Crippen LogP contribution in [0.3, 0.4) is 0 Å². The van der Waals surface area contributed by atoms with E-state index in [4.69, 9.17) is 5.73 Å². The predicted molar refractivity (Wildman–Crippen MR) is 114 cm³/mol. The number of nitrogens with two attached hydrogens (primary N) is 1. The smallest absolute Gasteiger partial charge is 0.293 e. The van der Waals surface area contributed by atoms with Gasteiger partial charge < -0.3 is 15.9 Å².